The summed E-state index contributed by atoms with van der Waals surface area (Å²) in [7, 11) is 0. The summed E-state index contributed by atoms with van der Waals surface area (Å²) in [5.41, 5.74) is 4.09. The topological polar surface area (TPSA) is 31.1 Å². The number of hydrogen-bond acceptors (Lipinski definition) is 2. The van der Waals surface area contributed by atoms with E-state index >= 15 is 0 Å². The van der Waals surface area contributed by atoms with E-state index in [1.807, 2.05) is 0 Å². The average Bonchev–Trinajstić information content (AvgIpc) is 2.61. The Morgan fingerprint density at radius 1 is 1.16 bits per heavy atom. The number of para-hydroxylation sites is 1. The summed E-state index contributed by atoms with van der Waals surface area (Å²) >= 11 is 0. The van der Waals surface area contributed by atoms with Crippen molar-refractivity contribution in [2.24, 2.45) is 0 Å². The van der Waals surface area contributed by atoms with E-state index in [9.17, 15) is 0 Å². The third kappa shape index (κ3) is 2.82. The van der Waals surface area contributed by atoms with Gasteiger partial charge in [-0.15, -0.1) is 0 Å². The summed E-state index contributed by atoms with van der Waals surface area (Å²) in [6, 6.07) is 8.64. The van der Waals surface area contributed by atoms with E-state index in [-0.39, 0.29) is 0 Å². The van der Waals surface area contributed by atoms with Crippen molar-refractivity contribution in [3.63, 3.8) is 0 Å². The fourth-order valence-corrected chi connectivity index (χ4v) is 3.05. The maximum Gasteiger partial charge on any atom is 0.0458 e. The summed E-state index contributed by atoms with van der Waals surface area (Å²) in [6.45, 7) is 8.08. The molecule has 1 aromatic carbocycles. The van der Waals surface area contributed by atoms with Crippen LogP contribution in [-0.2, 0) is 6.42 Å². The maximum atomic E-state index is 3.50. The molecule has 1 aliphatic rings. The van der Waals surface area contributed by atoms with Crippen molar-refractivity contribution in [2.45, 2.75) is 19.8 Å². The van der Waals surface area contributed by atoms with E-state index < -0.39 is 0 Å². The van der Waals surface area contributed by atoms with Crippen molar-refractivity contribution in [2.75, 3.05) is 32.7 Å². The fraction of sp³-hybridized carbons (Fsp3) is 0.500. The molecule has 1 fully saturated rings. The number of H-pyrrole nitrogens is 1. The molecule has 0 atom stereocenters. The number of hydrogen-bond donors (Lipinski definition) is 2. The Hall–Kier alpha value is -1.32. The summed E-state index contributed by atoms with van der Waals surface area (Å²) in [4.78, 5) is 6.08. The highest BCUT2D eigenvalue weighted by atomic mass is 15.1. The van der Waals surface area contributed by atoms with Crippen LogP contribution in [0.1, 0.15) is 17.7 Å². The monoisotopic (exact) mass is 257 g/mol. The molecule has 1 aromatic heterocycles. The summed E-state index contributed by atoms with van der Waals surface area (Å²) < 4.78 is 0. The fourth-order valence-electron chi connectivity index (χ4n) is 3.05. The molecule has 0 spiro atoms. The second kappa shape index (κ2) is 5.76. The van der Waals surface area contributed by atoms with Crippen molar-refractivity contribution in [1.29, 1.82) is 0 Å². The first-order chi connectivity index (χ1) is 9.34. The van der Waals surface area contributed by atoms with Gasteiger partial charge in [0.05, 0.1) is 0 Å². The highest BCUT2D eigenvalue weighted by Gasteiger charge is 2.11. The molecule has 3 heteroatoms. The average molecular weight is 257 g/mol. The van der Waals surface area contributed by atoms with Gasteiger partial charge in [-0.1, -0.05) is 18.2 Å². The van der Waals surface area contributed by atoms with Gasteiger partial charge in [0, 0.05) is 36.2 Å². The highest BCUT2D eigenvalue weighted by molar-refractivity contribution is 5.84. The molecule has 0 bridgehead atoms. The van der Waals surface area contributed by atoms with Gasteiger partial charge in [-0.25, -0.2) is 0 Å². The minimum Gasteiger partial charge on any atom is -0.358 e. The Morgan fingerprint density at radius 2 is 2.05 bits per heavy atom. The molecular formula is C16H23N3. The Morgan fingerprint density at radius 3 is 3.00 bits per heavy atom. The molecule has 0 unspecified atom stereocenters. The number of aromatic nitrogens is 1. The van der Waals surface area contributed by atoms with Gasteiger partial charge in [0.2, 0.25) is 0 Å². The molecule has 19 heavy (non-hydrogen) atoms. The smallest absolute Gasteiger partial charge is 0.0458 e. The van der Waals surface area contributed by atoms with Crippen LogP contribution in [0.15, 0.2) is 24.3 Å². The number of aryl methyl sites for hydroxylation is 1. The molecule has 0 aliphatic carbocycles. The van der Waals surface area contributed by atoms with Crippen molar-refractivity contribution >= 4 is 10.9 Å². The van der Waals surface area contributed by atoms with Crippen molar-refractivity contribution < 1.29 is 0 Å². The van der Waals surface area contributed by atoms with Gasteiger partial charge in [0.15, 0.2) is 0 Å². The lowest BCUT2D eigenvalue weighted by Gasteiger charge is -2.19. The molecule has 1 saturated heterocycles. The molecule has 2 N–H and O–H groups in total. The second-order valence-electron chi connectivity index (χ2n) is 5.47. The van der Waals surface area contributed by atoms with Gasteiger partial charge >= 0.3 is 0 Å². The standard InChI is InChI=1S/C16H23N3/c1-13-14(15-5-2-3-6-16(15)18-13)7-11-19-10-4-8-17-9-12-19/h2-3,5-6,17-18H,4,7-12H2,1H3. The van der Waals surface area contributed by atoms with Crippen LogP contribution in [-0.4, -0.2) is 42.6 Å². The van der Waals surface area contributed by atoms with E-state index in [4.69, 9.17) is 0 Å². The molecule has 3 nitrogen and oxygen atoms in total. The predicted molar refractivity (Wildman–Crippen MR) is 80.7 cm³/mol. The quantitative estimate of drug-likeness (QED) is 0.884. The molecule has 3 rings (SSSR count). The van der Waals surface area contributed by atoms with Crippen molar-refractivity contribution in [1.82, 2.24) is 15.2 Å². The summed E-state index contributed by atoms with van der Waals surface area (Å²) in [6.07, 6.45) is 2.42. The zero-order valence-electron chi connectivity index (χ0n) is 11.7. The lowest BCUT2D eigenvalue weighted by atomic mass is 10.1. The Labute approximate surface area is 115 Å². The SMILES string of the molecule is Cc1[nH]c2ccccc2c1CCN1CCCNCC1. The van der Waals surface area contributed by atoms with Crippen LogP contribution in [0.2, 0.25) is 0 Å². The lowest BCUT2D eigenvalue weighted by molar-refractivity contribution is 0.296. The Kier molecular flexibility index (Phi) is 3.85. The summed E-state index contributed by atoms with van der Waals surface area (Å²) in [5, 5.41) is 4.86. The summed E-state index contributed by atoms with van der Waals surface area (Å²) in [5.74, 6) is 0. The highest BCUT2D eigenvalue weighted by Crippen LogP contribution is 2.22. The number of rotatable bonds is 3. The number of nitrogens with zero attached hydrogens (tertiary/aromatic N) is 1. The lowest BCUT2D eigenvalue weighted by Crippen LogP contribution is -2.30. The molecule has 1 aliphatic heterocycles. The number of nitrogens with one attached hydrogen (secondary N) is 2. The van der Waals surface area contributed by atoms with Gasteiger partial charge in [0.1, 0.15) is 0 Å². The van der Waals surface area contributed by atoms with Crippen LogP contribution < -0.4 is 5.32 Å². The number of aromatic amines is 1. The Bertz CT molecular complexity index is 536. The maximum absolute atomic E-state index is 3.50. The van der Waals surface area contributed by atoms with Crippen LogP contribution >= 0.6 is 0 Å². The van der Waals surface area contributed by atoms with Gasteiger partial charge in [-0.3, -0.25) is 0 Å². The minimum atomic E-state index is 1.13. The van der Waals surface area contributed by atoms with Gasteiger partial charge in [0.25, 0.3) is 0 Å². The van der Waals surface area contributed by atoms with E-state index in [0.717, 1.165) is 13.0 Å². The molecule has 0 saturated carbocycles. The third-order valence-corrected chi connectivity index (χ3v) is 4.14. The van der Waals surface area contributed by atoms with Crippen molar-refractivity contribution in [3.05, 3.63) is 35.5 Å². The number of benzene rings is 1. The van der Waals surface area contributed by atoms with Crippen LogP contribution in [0.3, 0.4) is 0 Å². The molecule has 0 amide bonds. The van der Waals surface area contributed by atoms with Crippen LogP contribution in [0.4, 0.5) is 0 Å². The van der Waals surface area contributed by atoms with Crippen molar-refractivity contribution in [3.8, 4) is 0 Å². The molecular weight excluding hydrogens is 234 g/mol. The van der Waals surface area contributed by atoms with E-state index in [1.54, 1.807) is 0 Å². The van der Waals surface area contributed by atoms with Gasteiger partial charge in [-0.2, -0.15) is 0 Å². The first-order valence-corrected chi connectivity index (χ1v) is 7.34. The molecule has 0 radical (unpaired) electrons. The predicted octanol–water partition coefficient (Wildman–Crippen LogP) is 2.31. The van der Waals surface area contributed by atoms with E-state index in [0.29, 0.717) is 0 Å². The van der Waals surface area contributed by atoms with Gasteiger partial charge in [-0.05, 0) is 44.5 Å². The number of fused-ring (bicyclic) bond motifs is 1. The second-order valence-corrected chi connectivity index (χ2v) is 5.47. The molecule has 2 aromatic rings. The third-order valence-electron chi connectivity index (χ3n) is 4.14. The van der Waals surface area contributed by atoms with Gasteiger partial charge < -0.3 is 15.2 Å². The largest absolute Gasteiger partial charge is 0.358 e. The zero-order chi connectivity index (χ0) is 13.1. The zero-order valence-corrected chi connectivity index (χ0v) is 11.7. The normalized spacial score (nSPS) is 17.7. The van der Waals surface area contributed by atoms with Crippen LogP contribution in [0, 0.1) is 6.92 Å². The minimum absolute atomic E-state index is 1.13. The first-order valence-electron chi connectivity index (χ1n) is 7.34. The molecule has 102 valence electrons. The Balaban J connectivity index is 1.72. The molecule has 2 heterocycles. The van der Waals surface area contributed by atoms with E-state index in [1.165, 1.54) is 54.8 Å². The first kappa shape index (κ1) is 12.7. The van der Waals surface area contributed by atoms with E-state index in [2.05, 4.69) is 46.4 Å². The van der Waals surface area contributed by atoms with Crippen LogP contribution in [0.25, 0.3) is 10.9 Å². The van der Waals surface area contributed by atoms with Crippen LogP contribution in [0.5, 0.6) is 0 Å².